The summed E-state index contributed by atoms with van der Waals surface area (Å²) >= 11 is 0. The van der Waals surface area contributed by atoms with Crippen LogP contribution in [0.15, 0.2) is 109 Å². The van der Waals surface area contributed by atoms with Crippen molar-refractivity contribution in [2.45, 2.75) is 26.1 Å². The molecule has 4 aromatic rings. The highest BCUT2D eigenvalue weighted by molar-refractivity contribution is 6.46. The molecule has 1 atom stereocenters. The van der Waals surface area contributed by atoms with Gasteiger partial charge in [0.1, 0.15) is 18.1 Å². The first-order chi connectivity index (χ1) is 18.0. The molecule has 184 valence electrons. The summed E-state index contributed by atoms with van der Waals surface area (Å²) in [4.78, 5) is 32.1. The molecular weight excluding hydrogens is 464 g/mol. The monoisotopic (exact) mass is 490 g/mol. The van der Waals surface area contributed by atoms with E-state index in [1.807, 2.05) is 79.7 Å². The second kappa shape index (κ2) is 10.5. The first-order valence-electron chi connectivity index (χ1n) is 12.0. The number of aromatic nitrogens is 1. The number of rotatable bonds is 7. The number of aryl methyl sites for hydroxylation is 1. The molecule has 0 aliphatic carbocycles. The van der Waals surface area contributed by atoms with Gasteiger partial charge < -0.3 is 14.7 Å². The topological polar surface area (TPSA) is 79.7 Å². The van der Waals surface area contributed by atoms with E-state index < -0.39 is 17.7 Å². The van der Waals surface area contributed by atoms with Gasteiger partial charge in [-0.05, 0) is 53.4 Å². The van der Waals surface area contributed by atoms with E-state index in [9.17, 15) is 14.7 Å². The smallest absolute Gasteiger partial charge is 0.295 e. The van der Waals surface area contributed by atoms with Crippen molar-refractivity contribution >= 4 is 17.4 Å². The van der Waals surface area contributed by atoms with Gasteiger partial charge in [0.25, 0.3) is 11.7 Å². The van der Waals surface area contributed by atoms with Crippen molar-refractivity contribution in [2.75, 3.05) is 0 Å². The number of aliphatic hydroxyl groups is 1. The molecule has 6 nitrogen and oxygen atoms in total. The van der Waals surface area contributed by atoms with Gasteiger partial charge in [-0.1, -0.05) is 66.7 Å². The molecule has 37 heavy (non-hydrogen) atoms. The summed E-state index contributed by atoms with van der Waals surface area (Å²) in [5.41, 5.74) is 3.86. The van der Waals surface area contributed by atoms with Crippen LogP contribution in [0.5, 0.6) is 5.75 Å². The van der Waals surface area contributed by atoms with Gasteiger partial charge in [-0.15, -0.1) is 0 Å². The number of aliphatic hydroxyl groups excluding tert-OH is 1. The maximum atomic E-state index is 13.3. The van der Waals surface area contributed by atoms with Crippen LogP contribution < -0.4 is 4.74 Å². The van der Waals surface area contributed by atoms with Crippen molar-refractivity contribution in [3.63, 3.8) is 0 Å². The first kappa shape index (κ1) is 24.0. The predicted octanol–water partition coefficient (Wildman–Crippen LogP) is 5.59. The molecule has 0 saturated carbocycles. The van der Waals surface area contributed by atoms with Crippen LogP contribution in [0.3, 0.4) is 0 Å². The Morgan fingerprint density at radius 3 is 2.30 bits per heavy atom. The molecule has 1 aromatic heterocycles. The number of carbonyl (C=O) groups excluding carboxylic acids is 2. The maximum Gasteiger partial charge on any atom is 0.295 e. The lowest BCUT2D eigenvalue weighted by Crippen LogP contribution is -2.29. The molecule has 6 heteroatoms. The van der Waals surface area contributed by atoms with Gasteiger partial charge in [0.05, 0.1) is 11.6 Å². The standard InChI is InChI=1S/C31H26N2O4/c1-21-17-25(37-20-22-9-4-2-5-10-22)14-15-26(21)29(34)27-28(24-12-6-3-7-13-24)33(31(36)30(27)35)19-23-11-8-16-32-18-23/h2-18,28,34H,19-20H2,1H3/b29-27+/t28-/m1/s1. The highest BCUT2D eigenvalue weighted by Gasteiger charge is 2.46. The van der Waals surface area contributed by atoms with Crippen molar-refractivity contribution in [1.29, 1.82) is 0 Å². The molecule has 0 bridgehead atoms. The van der Waals surface area contributed by atoms with Gasteiger partial charge in [0.2, 0.25) is 0 Å². The number of hydrogen-bond acceptors (Lipinski definition) is 5. The Kier molecular flexibility index (Phi) is 6.81. The van der Waals surface area contributed by atoms with Crippen molar-refractivity contribution in [3.8, 4) is 5.75 Å². The normalized spacial score (nSPS) is 16.7. The van der Waals surface area contributed by atoms with Crippen LogP contribution in [0, 0.1) is 6.92 Å². The van der Waals surface area contributed by atoms with Crippen LogP contribution in [-0.2, 0) is 22.7 Å². The fourth-order valence-electron chi connectivity index (χ4n) is 4.59. The average molecular weight is 491 g/mol. The molecule has 1 amide bonds. The zero-order chi connectivity index (χ0) is 25.8. The second-order valence-corrected chi connectivity index (χ2v) is 8.95. The van der Waals surface area contributed by atoms with Gasteiger partial charge in [0, 0.05) is 24.5 Å². The van der Waals surface area contributed by atoms with Gasteiger partial charge >= 0.3 is 0 Å². The number of nitrogens with zero attached hydrogens (tertiary/aromatic N) is 2. The largest absolute Gasteiger partial charge is 0.507 e. The summed E-state index contributed by atoms with van der Waals surface area (Å²) in [6, 6.07) is 27.3. The Bertz CT molecular complexity index is 1450. The second-order valence-electron chi connectivity index (χ2n) is 8.95. The number of ether oxygens (including phenoxy) is 1. The number of ketones is 1. The number of amides is 1. The zero-order valence-electron chi connectivity index (χ0n) is 20.4. The lowest BCUT2D eigenvalue weighted by molar-refractivity contribution is -0.140. The van der Waals surface area contributed by atoms with Crippen LogP contribution in [0.2, 0.25) is 0 Å². The maximum absolute atomic E-state index is 13.3. The third-order valence-electron chi connectivity index (χ3n) is 6.43. The van der Waals surface area contributed by atoms with Crippen molar-refractivity contribution in [3.05, 3.63) is 137 Å². The number of likely N-dealkylation sites (tertiary alicyclic amines) is 1. The molecule has 1 aliphatic heterocycles. The quantitative estimate of drug-likeness (QED) is 0.208. The molecule has 0 radical (unpaired) electrons. The zero-order valence-corrected chi connectivity index (χ0v) is 20.4. The number of Topliss-reactive ketones (excluding diaryl/α,β-unsaturated/α-hetero) is 1. The van der Waals surface area contributed by atoms with Gasteiger partial charge in [-0.2, -0.15) is 0 Å². The molecule has 2 heterocycles. The van der Waals surface area contributed by atoms with Crippen LogP contribution in [0.1, 0.15) is 33.9 Å². The summed E-state index contributed by atoms with van der Waals surface area (Å²) in [5, 5.41) is 11.4. The minimum atomic E-state index is -0.727. The third-order valence-corrected chi connectivity index (χ3v) is 6.43. The van der Waals surface area contributed by atoms with Gasteiger partial charge in [-0.25, -0.2) is 0 Å². The Morgan fingerprint density at radius 1 is 0.919 bits per heavy atom. The molecule has 1 N–H and O–H groups in total. The minimum Gasteiger partial charge on any atom is -0.507 e. The molecule has 5 rings (SSSR count). The molecular formula is C31H26N2O4. The van der Waals surface area contributed by atoms with Crippen LogP contribution in [-0.4, -0.2) is 26.7 Å². The third kappa shape index (κ3) is 5.00. The van der Waals surface area contributed by atoms with Crippen molar-refractivity contribution in [2.24, 2.45) is 0 Å². The average Bonchev–Trinajstić information content (AvgIpc) is 3.18. The molecule has 1 saturated heterocycles. The summed E-state index contributed by atoms with van der Waals surface area (Å²) in [6.07, 6.45) is 3.32. The van der Waals surface area contributed by atoms with Crippen LogP contribution in [0.25, 0.3) is 5.76 Å². The number of benzene rings is 3. The number of hydrogen-bond donors (Lipinski definition) is 1. The number of pyridine rings is 1. The van der Waals surface area contributed by atoms with E-state index in [2.05, 4.69) is 4.98 Å². The molecule has 0 unspecified atom stereocenters. The summed E-state index contributed by atoms with van der Waals surface area (Å²) in [7, 11) is 0. The van der Waals surface area contributed by atoms with Crippen molar-refractivity contribution in [1.82, 2.24) is 9.88 Å². The fraction of sp³-hybridized carbons (Fsp3) is 0.129. The first-order valence-corrected chi connectivity index (χ1v) is 12.0. The predicted molar refractivity (Wildman–Crippen MR) is 140 cm³/mol. The SMILES string of the molecule is Cc1cc(OCc2ccccc2)ccc1/C(O)=C1\C(=O)C(=O)N(Cc2cccnc2)[C@@H]1c1ccccc1. The molecule has 0 spiro atoms. The molecule has 1 aliphatic rings. The van der Waals surface area contributed by atoms with E-state index in [4.69, 9.17) is 4.74 Å². The Labute approximate surface area is 215 Å². The van der Waals surface area contributed by atoms with E-state index in [1.54, 1.807) is 30.6 Å². The Hall–Kier alpha value is -4.71. The highest BCUT2D eigenvalue weighted by Crippen LogP contribution is 2.40. The Morgan fingerprint density at radius 2 is 1.62 bits per heavy atom. The Balaban J connectivity index is 1.51. The van der Waals surface area contributed by atoms with E-state index in [-0.39, 0.29) is 17.9 Å². The van der Waals surface area contributed by atoms with Gasteiger partial charge in [0.15, 0.2) is 0 Å². The van der Waals surface area contributed by atoms with E-state index >= 15 is 0 Å². The van der Waals surface area contributed by atoms with E-state index in [0.717, 1.165) is 22.3 Å². The summed E-state index contributed by atoms with van der Waals surface area (Å²) in [5.74, 6) is -0.915. The minimum absolute atomic E-state index is 0.0705. The lowest BCUT2D eigenvalue weighted by atomic mass is 9.94. The van der Waals surface area contributed by atoms with E-state index in [0.29, 0.717) is 17.9 Å². The van der Waals surface area contributed by atoms with E-state index in [1.165, 1.54) is 4.90 Å². The van der Waals surface area contributed by atoms with Crippen LogP contribution in [0.4, 0.5) is 0 Å². The summed E-state index contributed by atoms with van der Waals surface area (Å²) in [6.45, 7) is 2.45. The number of carbonyl (C=O) groups is 2. The fourth-order valence-corrected chi connectivity index (χ4v) is 4.59. The lowest BCUT2D eigenvalue weighted by Gasteiger charge is -2.25. The molecule has 1 fully saturated rings. The van der Waals surface area contributed by atoms with Gasteiger partial charge in [-0.3, -0.25) is 14.6 Å². The molecule has 3 aromatic carbocycles. The summed E-state index contributed by atoms with van der Waals surface area (Å²) < 4.78 is 5.91. The highest BCUT2D eigenvalue weighted by atomic mass is 16.5. The van der Waals surface area contributed by atoms with Crippen molar-refractivity contribution < 1.29 is 19.4 Å². The van der Waals surface area contributed by atoms with Crippen LogP contribution >= 0.6 is 0 Å².